The molecule has 17 heavy (non-hydrogen) atoms. The minimum atomic E-state index is 0.336. The molecule has 0 aliphatic carbocycles. The number of nitrogen functional groups attached to an aromatic ring is 1. The van der Waals surface area contributed by atoms with Gasteiger partial charge in [-0.2, -0.15) is 0 Å². The third-order valence-electron chi connectivity index (χ3n) is 2.89. The van der Waals surface area contributed by atoms with Gasteiger partial charge in [-0.05, 0) is 30.5 Å². The first-order chi connectivity index (χ1) is 8.04. The van der Waals surface area contributed by atoms with Crippen LogP contribution >= 0.6 is 11.6 Å². The second kappa shape index (κ2) is 4.51. The second-order valence-electron chi connectivity index (χ2n) is 4.48. The Morgan fingerprint density at radius 1 is 1.35 bits per heavy atom. The lowest BCUT2D eigenvalue weighted by atomic mass is 10.0. The maximum atomic E-state index is 6.20. The molecule has 2 rings (SSSR count). The molecule has 3 nitrogen and oxygen atoms in total. The molecule has 0 spiro atoms. The van der Waals surface area contributed by atoms with Gasteiger partial charge in [-0.25, -0.2) is 0 Å². The number of aromatic nitrogens is 1. The molecule has 1 heterocycles. The van der Waals surface area contributed by atoms with Crippen LogP contribution in [0.2, 0.25) is 5.02 Å². The minimum Gasteiger partial charge on any atom is -0.323 e. The number of benzene rings is 1. The number of hydrogen-bond donors (Lipinski definition) is 2. The summed E-state index contributed by atoms with van der Waals surface area (Å²) >= 11 is 6.20. The lowest BCUT2D eigenvalue weighted by Crippen LogP contribution is -2.09. The van der Waals surface area contributed by atoms with E-state index in [-0.39, 0.29) is 0 Å². The Bertz CT molecular complexity index is 564. The number of nitrogens with one attached hydrogen (secondary N) is 1. The predicted molar refractivity (Wildman–Crippen MR) is 73.4 cm³/mol. The van der Waals surface area contributed by atoms with Gasteiger partial charge in [0.15, 0.2) is 0 Å². The molecule has 90 valence electrons. The Morgan fingerprint density at radius 3 is 2.65 bits per heavy atom. The first-order valence-corrected chi connectivity index (χ1v) is 5.98. The van der Waals surface area contributed by atoms with Crippen molar-refractivity contribution in [1.82, 2.24) is 4.98 Å². The standard InChI is InChI=1S/C13H16ClN3/c1-7(2)10-6-11(17-15)12-8(3)4-5-9(14)13(12)16-10/h4-7H,15H2,1-3H3,(H,16,17). The Hall–Kier alpha value is -1.32. The quantitative estimate of drug-likeness (QED) is 0.632. The van der Waals surface area contributed by atoms with Crippen molar-refractivity contribution in [2.24, 2.45) is 5.84 Å². The van der Waals surface area contributed by atoms with E-state index in [9.17, 15) is 0 Å². The maximum absolute atomic E-state index is 6.20. The molecule has 0 amide bonds. The fourth-order valence-corrected chi connectivity index (χ4v) is 2.11. The van der Waals surface area contributed by atoms with Crippen LogP contribution in [-0.2, 0) is 0 Å². The smallest absolute Gasteiger partial charge is 0.0915 e. The minimum absolute atomic E-state index is 0.336. The molecule has 0 aliphatic heterocycles. The first kappa shape index (κ1) is 12.1. The number of hydrogen-bond acceptors (Lipinski definition) is 3. The van der Waals surface area contributed by atoms with Crippen LogP contribution in [0.25, 0.3) is 10.9 Å². The van der Waals surface area contributed by atoms with Gasteiger partial charge in [0.25, 0.3) is 0 Å². The van der Waals surface area contributed by atoms with E-state index in [4.69, 9.17) is 17.4 Å². The summed E-state index contributed by atoms with van der Waals surface area (Å²) in [5.41, 5.74) is 6.51. The predicted octanol–water partition coefficient (Wildman–Crippen LogP) is 3.61. The maximum Gasteiger partial charge on any atom is 0.0915 e. The van der Waals surface area contributed by atoms with Crippen LogP contribution in [0.1, 0.15) is 31.0 Å². The molecule has 2 aromatic rings. The largest absolute Gasteiger partial charge is 0.323 e. The number of rotatable bonds is 2. The Labute approximate surface area is 106 Å². The molecule has 3 N–H and O–H groups in total. The van der Waals surface area contributed by atoms with Crippen LogP contribution in [0.5, 0.6) is 0 Å². The highest BCUT2D eigenvalue weighted by Gasteiger charge is 2.12. The van der Waals surface area contributed by atoms with Crippen molar-refractivity contribution in [3.8, 4) is 0 Å². The van der Waals surface area contributed by atoms with Gasteiger partial charge in [0.2, 0.25) is 0 Å². The topological polar surface area (TPSA) is 50.9 Å². The first-order valence-electron chi connectivity index (χ1n) is 5.61. The molecule has 0 radical (unpaired) electrons. The molecule has 0 saturated heterocycles. The summed E-state index contributed by atoms with van der Waals surface area (Å²) in [6.45, 7) is 6.21. The van der Waals surface area contributed by atoms with Crippen LogP contribution in [0.3, 0.4) is 0 Å². The van der Waals surface area contributed by atoms with E-state index in [1.54, 1.807) is 0 Å². The third-order valence-corrected chi connectivity index (χ3v) is 3.19. The monoisotopic (exact) mass is 249 g/mol. The van der Waals surface area contributed by atoms with Crippen LogP contribution in [0.15, 0.2) is 18.2 Å². The average Bonchev–Trinajstić information content (AvgIpc) is 2.32. The van der Waals surface area contributed by atoms with E-state index in [0.717, 1.165) is 27.8 Å². The summed E-state index contributed by atoms with van der Waals surface area (Å²) < 4.78 is 0. The van der Waals surface area contributed by atoms with Gasteiger partial charge in [0.1, 0.15) is 0 Å². The number of pyridine rings is 1. The summed E-state index contributed by atoms with van der Waals surface area (Å²) in [6, 6.07) is 5.83. The highest BCUT2D eigenvalue weighted by Crippen LogP contribution is 2.32. The number of fused-ring (bicyclic) bond motifs is 1. The van der Waals surface area contributed by atoms with Crippen molar-refractivity contribution in [1.29, 1.82) is 0 Å². The van der Waals surface area contributed by atoms with Gasteiger partial charge in [0, 0.05) is 11.1 Å². The van der Waals surface area contributed by atoms with Gasteiger partial charge in [-0.1, -0.05) is 31.5 Å². The molecule has 1 aromatic heterocycles. The number of anilines is 1. The number of nitrogens with zero attached hydrogens (tertiary/aromatic N) is 1. The fraction of sp³-hybridized carbons (Fsp3) is 0.308. The summed E-state index contributed by atoms with van der Waals surface area (Å²) in [4.78, 5) is 4.62. The molecule has 1 aromatic carbocycles. The van der Waals surface area contributed by atoms with Gasteiger partial charge in [-0.3, -0.25) is 10.8 Å². The molecule has 0 fully saturated rings. The normalized spacial score (nSPS) is 11.2. The summed E-state index contributed by atoms with van der Waals surface area (Å²) in [6.07, 6.45) is 0. The summed E-state index contributed by atoms with van der Waals surface area (Å²) in [5.74, 6) is 5.92. The van der Waals surface area contributed by atoms with E-state index in [0.29, 0.717) is 10.9 Å². The van der Waals surface area contributed by atoms with E-state index in [1.807, 2.05) is 25.1 Å². The Morgan fingerprint density at radius 2 is 2.06 bits per heavy atom. The van der Waals surface area contributed by atoms with Gasteiger partial charge in [0.05, 0.1) is 16.2 Å². The third kappa shape index (κ3) is 2.08. The molecular formula is C13H16ClN3. The van der Waals surface area contributed by atoms with E-state index >= 15 is 0 Å². The SMILES string of the molecule is Cc1ccc(Cl)c2nc(C(C)C)cc(NN)c12. The second-order valence-corrected chi connectivity index (χ2v) is 4.89. The lowest BCUT2D eigenvalue weighted by molar-refractivity contribution is 0.830. The van der Waals surface area contributed by atoms with E-state index in [1.165, 1.54) is 0 Å². The molecule has 0 aliphatic rings. The lowest BCUT2D eigenvalue weighted by Gasteiger charge is -2.13. The van der Waals surface area contributed by atoms with Crippen molar-refractivity contribution in [3.63, 3.8) is 0 Å². The van der Waals surface area contributed by atoms with Crippen LogP contribution in [0, 0.1) is 6.92 Å². The summed E-state index contributed by atoms with van der Waals surface area (Å²) in [7, 11) is 0. The van der Waals surface area contributed by atoms with E-state index < -0.39 is 0 Å². The zero-order valence-corrected chi connectivity index (χ0v) is 11.0. The van der Waals surface area contributed by atoms with Crippen molar-refractivity contribution in [3.05, 3.63) is 34.5 Å². The van der Waals surface area contributed by atoms with Crippen molar-refractivity contribution in [2.75, 3.05) is 5.43 Å². The average molecular weight is 250 g/mol. The van der Waals surface area contributed by atoms with E-state index in [2.05, 4.69) is 24.3 Å². The molecule has 0 unspecified atom stereocenters. The molecular weight excluding hydrogens is 234 g/mol. The van der Waals surface area contributed by atoms with Gasteiger partial charge >= 0.3 is 0 Å². The van der Waals surface area contributed by atoms with Crippen molar-refractivity contribution < 1.29 is 0 Å². The fourth-order valence-electron chi connectivity index (χ4n) is 1.91. The number of nitrogens with two attached hydrogens (primary N) is 1. The van der Waals surface area contributed by atoms with Crippen LogP contribution in [0.4, 0.5) is 5.69 Å². The Kier molecular flexibility index (Phi) is 3.22. The number of hydrazine groups is 1. The van der Waals surface area contributed by atoms with Gasteiger partial charge < -0.3 is 5.43 Å². The van der Waals surface area contributed by atoms with Crippen molar-refractivity contribution in [2.45, 2.75) is 26.7 Å². The number of halogens is 1. The number of aryl methyl sites for hydroxylation is 1. The zero-order chi connectivity index (χ0) is 12.6. The van der Waals surface area contributed by atoms with Crippen LogP contribution in [-0.4, -0.2) is 4.98 Å². The summed E-state index contributed by atoms with van der Waals surface area (Å²) in [5, 5.41) is 1.65. The molecule has 4 heteroatoms. The highest BCUT2D eigenvalue weighted by atomic mass is 35.5. The zero-order valence-electron chi connectivity index (χ0n) is 10.2. The highest BCUT2D eigenvalue weighted by molar-refractivity contribution is 6.35. The molecule has 0 saturated carbocycles. The Balaban J connectivity index is 2.87. The molecule has 0 bridgehead atoms. The van der Waals surface area contributed by atoms with Gasteiger partial charge in [-0.15, -0.1) is 0 Å². The van der Waals surface area contributed by atoms with Crippen LogP contribution < -0.4 is 11.3 Å². The molecule has 0 atom stereocenters. The van der Waals surface area contributed by atoms with Crippen molar-refractivity contribution >= 4 is 28.2 Å².